The first-order valence-corrected chi connectivity index (χ1v) is 17.3. The van der Waals surface area contributed by atoms with Crippen LogP contribution in [0.2, 0.25) is 10.0 Å². The molecule has 1 aliphatic heterocycles. The number of aliphatic hydroxyl groups excluding tert-OH is 1. The molecule has 0 unspecified atom stereocenters. The van der Waals surface area contributed by atoms with E-state index < -0.39 is 17.8 Å². The first kappa shape index (κ1) is 36.9. The summed E-state index contributed by atoms with van der Waals surface area (Å²) in [5.41, 5.74) is 9.22. The zero-order valence-corrected chi connectivity index (χ0v) is 29.6. The number of carbonyl (C=O) groups excluding carboxylic acids is 2. The summed E-state index contributed by atoms with van der Waals surface area (Å²) in [6.45, 7) is 0.873. The van der Waals surface area contributed by atoms with E-state index in [-0.39, 0.29) is 60.7 Å². The number of methoxy groups -OCH3 is 1. The number of hydrogen-bond acceptors (Lipinski definition) is 9. The van der Waals surface area contributed by atoms with Crippen LogP contribution < -0.4 is 32.0 Å². The van der Waals surface area contributed by atoms with Crippen molar-refractivity contribution in [2.75, 3.05) is 20.2 Å². The molecule has 0 aliphatic carbocycles. The highest BCUT2D eigenvalue weighted by Crippen LogP contribution is 2.42. The minimum Gasteiger partial charge on any atom is -0.481 e. The van der Waals surface area contributed by atoms with Crippen LogP contribution in [0.3, 0.4) is 0 Å². The van der Waals surface area contributed by atoms with Crippen LogP contribution in [0.15, 0.2) is 71.8 Å². The van der Waals surface area contributed by atoms with Crippen LogP contribution in [0, 0.1) is 5.82 Å². The molecule has 6 rings (SSSR count). The van der Waals surface area contributed by atoms with Crippen molar-refractivity contribution in [1.82, 2.24) is 30.3 Å². The lowest BCUT2D eigenvalue weighted by atomic mass is 9.97. The van der Waals surface area contributed by atoms with Gasteiger partial charge in [-0.2, -0.15) is 0 Å². The Hall–Kier alpha value is -4.92. The van der Waals surface area contributed by atoms with Gasteiger partial charge in [-0.15, -0.1) is 0 Å². The molecule has 1 saturated heterocycles. The van der Waals surface area contributed by atoms with Crippen LogP contribution in [0.1, 0.15) is 30.4 Å². The molecule has 2 atom stereocenters. The average Bonchev–Trinajstić information content (AvgIpc) is 3.54. The van der Waals surface area contributed by atoms with Gasteiger partial charge in [0.05, 0.1) is 40.9 Å². The maximum atomic E-state index is 15.5. The maximum absolute atomic E-state index is 15.5. The van der Waals surface area contributed by atoms with Crippen molar-refractivity contribution in [3.8, 4) is 39.4 Å². The van der Waals surface area contributed by atoms with Crippen molar-refractivity contribution in [3.63, 3.8) is 0 Å². The topological polar surface area (TPSA) is 173 Å². The summed E-state index contributed by atoms with van der Waals surface area (Å²) in [5.74, 6) is -1.00. The number of hydrogen-bond donors (Lipinski definition) is 5. The Morgan fingerprint density at radius 2 is 1.79 bits per heavy atom. The normalized spacial score (nSPS) is 14.8. The molecule has 3 aromatic heterocycles. The van der Waals surface area contributed by atoms with Crippen molar-refractivity contribution in [3.05, 3.63) is 104 Å². The van der Waals surface area contributed by atoms with Gasteiger partial charge < -0.3 is 31.5 Å². The molecule has 1 aliphatic rings. The van der Waals surface area contributed by atoms with Crippen molar-refractivity contribution in [2.24, 2.45) is 5.73 Å². The molecule has 1 fully saturated rings. The molecule has 5 aromatic rings. The van der Waals surface area contributed by atoms with Crippen molar-refractivity contribution >= 4 is 40.7 Å². The largest absolute Gasteiger partial charge is 0.481 e. The molecular formula is C37H36Cl2FN7O5. The molecule has 6 N–H and O–H groups in total. The molecule has 0 radical (unpaired) electrons. The lowest BCUT2D eigenvalue weighted by Gasteiger charge is -2.16. The molecule has 0 bridgehead atoms. The third-order valence-corrected chi connectivity index (χ3v) is 9.60. The number of amides is 2. The van der Waals surface area contributed by atoms with E-state index in [4.69, 9.17) is 33.7 Å². The van der Waals surface area contributed by atoms with Gasteiger partial charge in [0.2, 0.25) is 17.7 Å². The summed E-state index contributed by atoms with van der Waals surface area (Å²) in [6.07, 6.45) is 3.13. The minimum atomic E-state index is -0.961. The number of nitrogens with zero attached hydrogens (tertiary/aromatic N) is 3. The van der Waals surface area contributed by atoms with E-state index >= 15 is 4.39 Å². The third-order valence-electron chi connectivity index (χ3n) is 8.79. The van der Waals surface area contributed by atoms with Crippen LogP contribution in [0.5, 0.6) is 5.88 Å². The van der Waals surface area contributed by atoms with E-state index in [9.17, 15) is 19.5 Å². The maximum Gasteiger partial charge on any atom is 0.262 e. The van der Waals surface area contributed by atoms with Crippen LogP contribution in [0.25, 0.3) is 39.2 Å². The summed E-state index contributed by atoms with van der Waals surface area (Å²) < 4.78 is 22.4. The highest BCUT2D eigenvalue weighted by molar-refractivity contribution is 6.39. The van der Waals surface area contributed by atoms with Gasteiger partial charge >= 0.3 is 0 Å². The van der Waals surface area contributed by atoms with Gasteiger partial charge in [0.25, 0.3) is 5.56 Å². The second-order valence-corrected chi connectivity index (χ2v) is 13.2. The van der Waals surface area contributed by atoms with Gasteiger partial charge in [-0.25, -0.2) is 14.4 Å². The standard InChI is InChI=1S/C37H36Cl2FN7O5/c1-52-36-28(19-43-17-22-8-9-33(50)45-22)29(40)14-30(46-36)27-7-3-6-26(35(27)39)25-5-2-4-24(34(25)38)20-10-11-47-32(12-20)44-16-21(37(47)51)15-42-18-23(48)13-31(41)49/h2-7,10-12,14,16,22-23,42-43,48H,8-9,13,15,17-19H2,1H3,(H2,41,49)(H,45,50)/t22-,23+/m1/s1. The summed E-state index contributed by atoms with van der Waals surface area (Å²) >= 11 is 14.0. The number of aliphatic hydroxyl groups is 1. The smallest absolute Gasteiger partial charge is 0.262 e. The molecule has 270 valence electrons. The number of benzene rings is 2. The quantitative estimate of drug-likeness (QED) is 0.111. The molecule has 0 spiro atoms. The van der Waals surface area contributed by atoms with Crippen LogP contribution in [-0.2, 0) is 22.7 Å². The van der Waals surface area contributed by atoms with Crippen molar-refractivity contribution in [1.29, 1.82) is 0 Å². The van der Waals surface area contributed by atoms with Gasteiger partial charge in [-0.1, -0.05) is 59.6 Å². The Morgan fingerprint density at radius 3 is 2.48 bits per heavy atom. The number of pyridine rings is 2. The monoisotopic (exact) mass is 747 g/mol. The number of primary amides is 1. The minimum absolute atomic E-state index is 0.00512. The Balaban J connectivity index is 1.24. The van der Waals surface area contributed by atoms with E-state index in [0.29, 0.717) is 62.0 Å². The number of halogens is 3. The number of rotatable bonds is 14. The second-order valence-electron chi connectivity index (χ2n) is 12.4. The summed E-state index contributed by atoms with van der Waals surface area (Å²) in [5, 5.41) is 19.6. The fourth-order valence-corrected chi connectivity index (χ4v) is 6.83. The highest BCUT2D eigenvalue weighted by atomic mass is 35.5. The van der Waals surface area contributed by atoms with Crippen LogP contribution >= 0.6 is 23.2 Å². The molecule has 2 aromatic carbocycles. The van der Waals surface area contributed by atoms with E-state index in [2.05, 4.69) is 25.9 Å². The number of fused-ring (bicyclic) bond motifs is 1. The van der Waals surface area contributed by atoms with Crippen molar-refractivity contribution in [2.45, 2.75) is 44.5 Å². The number of nitrogens with one attached hydrogen (secondary N) is 3. The second kappa shape index (κ2) is 16.2. The lowest BCUT2D eigenvalue weighted by Crippen LogP contribution is -2.35. The Bertz CT molecular complexity index is 2220. The molecule has 0 saturated carbocycles. The Kier molecular flexibility index (Phi) is 11.5. The van der Waals surface area contributed by atoms with Gasteiger partial charge in [-0.05, 0) is 24.1 Å². The van der Waals surface area contributed by atoms with E-state index in [1.807, 2.05) is 24.3 Å². The van der Waals surface area contributed by atoms with Gasteiger partial charge in [0, 0.05) is 84.9 Å². The van der Waals surface area contributed by atoms with E-state index in [0.717, 1.165) is 6.42 Å². The first-order chi connectivity index (χ1) is 25.0. The molecule has 2 amide bonds. The molecular weight excluding hydrogens is 712 g/mol. The number of aromatic nitrogens is 3. The summed E-state index contributed by atoms with van der Waals surface area (Å²) in [4.78, 5) is 44.7. The van der Waals surface area contributed by atoms with Crippen LogP contribution in [-0.4, -0.2) is 63.6 Å². The zero-order chi connectivity index (χ0) is 36.9. The van der Waals surface area contributed by atoms with Crippen LogP contribution in [0.4, 0.5) is 4.39 Å². The van der Waals surface area contributed by atoms with E-state index in [1.54, 1.807) is 30.5 Å². The number of nitrogens with two attached hydrogens (primary N) is 1. The summed E-state index contributed by atoms with van der Waals surface area (Å²) in [7, 11) is 1.42. The number of carbonyl (C=O) groups is 2. The predicted octanol–water partition coefficient (Wildman–Crippen LogP) is 4.24. The molecule has 12 nitrogen and oxygen atoms in total. The predicted molar refractivity (Wildman–Crippen MR) is 196 cm³/mol. The highest BCUT2D eigenvalue weighted by Gasteiger charge is 2.22. The summed E-state index contributed by atoms with van der Waals surface area (Å²) in [6, 6.07) is 15.7. The fraction of sp³-hybridized carbons (Fsp3) is 0.270. The van der Waals surface area contributed by atoms with Gasteiger partial charge in [0.1, 0.15) is 11.5 Å². The third kappa shape index (κ3) is 8.09. The average molecular weight is 749 g/mol. The fourth-order valence-electron chi connectivity index (χ4n) is 6.17. The van der Waals surface area contributed by atoms with Gasteiger partial charge in [0.15, 0.2) is 0 Å². The van der Waals surface area contributed by atoms with E-state index in [1.165, 1.54) is 23.8 Å². The molecule has 15 heteroatoms. The first-order valence-electron chi connectivity index (χ1n) is 16.5. The molecule has 52 heavy (non-hydrogen) atoms. The lowest BCUT2D eigenvalue weighted by molar-refractivity contribution is -0.120. The van der Waals surface area contributed by atoms with Gasteiger partial charge in [-0.3, -0.25) is 18.8 Å². The van der Waals surface area contributed by atoms with Crippen molar-refractivity contribution < 1.29 is 23.8 Å². The number of ether oxygens (including phenoxy) is 1. The Labute approximate surface area is 308 Å². The SMILES string of the molecule is COc1nc(-c2cccc(-c3cccc(-c4ccn5c(=O)c(CNC[C@@H](O)CC(N)=O)cnc5c4)c3Cl)c2Cl)cc(F)c1CNC[C@H]1CCC(=O)N1. The Morgan fingerprint density at radius 1 is 1.08 bits per heavy atom. The molecule has 4 heterocycles. The zero-order valence-electron chi connectivity index (χ0n) is 28.1.